The van der Waals surface area contributed by atoms with Gasteiger partial charge in [0, 0.05) is 141 Å². The lowest BCUT2D eigenvalue weighted by atomic mass is 10.1. The minimum atomic E-state index is -0.163. The molecule has 0 aliphatic rings. The van der Waals surface area contributed by atoms with Crippen molar-refractivity contribution in [1.29, 1.82) is 0 Å². The number of anilines is 8. The SMILES string of the molecule is CN(C)c1cccc(Nc2nccn3c(-c4cn(C)nc4-c4cccc(N)c4)cnc23)c1.CN(C)c1cccc(Nc2nccn3c(-c4cn(C)nc4-c4cccc(NC(=O)c5ccccc5)c4)cnc23)c1. The Bertz CT molecular complexity index is 3720. The topological polar surface area (TPSA) is 182 Å². The van der Waals surface area contributed by atoms with Gasteiger partial charge in [-0.3, -0.25) is 23.0 Å². The Hall–Kier alpha value is -9.77. The maximum atomic E-state index is 12.7. The Labute approximate surface area is 415 Å². The normalized spacial score (nSPS) is 11.0. The Balaban J connectivity index is 0.000000170. The van der Waals surface area contributed by atoms with Gasteiger partial charge in [0.1, 0.15) is 11.4 Å². The molecule has 0 spiro atoms. The number of aryl methyl sites for hydroxylation is 2. The summed E-state index contributed by atoms with van der Waals surface area (Å²) < 4.78 is 7.62. The Morgan fingerprint density at radius 3 is 1.54 bits per heavy atom. The van der Waals surface area contributed by atoms with Gasteiger partial charge in [-0.15, -0.1) is 0 Å². The molecule has 0 aliphatic heterocycles. The monoisotopic (exact) mass is 952 g/mol. The summed E-state index contributed by atoms with van der Waals surface area (Å²) in [6.45, 7) is 0. The van der Waals surface area contributed by atoms with Crippen LogP contribution in [0.3, 0.4) is 0 Å². The van der Waals surface area contributed by atoms with E-state index in [1.54, 1.807) is 33.9 Å². The molecule has 5 aromatic carbocycles. The van der Waals surface area contributed by atoms with Crippen molar-refractivity contribution in [3.05, 3.63) is 183 Å². The summed E-state index contributed by atoms with van der Waals surface area (Å²) in [4.78, 5) is 35.3. The Morgan fingerprint density at radius 1 is 0.542 bits per heavy atom. The van der Waals surface area contributed by atoms with E-state index in [1.807, 2.05) is 179 Å². The molecule has 5 N–H and O–H groups in total. The predicted molar refractivity (Wildman–Crippen MR) is 288 cm³/mol. The lowest BCUT2D eigenvalue weighted by Crippen LogP contribution is -2.11. The third-order valence-electron chi connectivity index (χ3n) is 11.9. The lowest BCUT2D eigenvalue weighted by Gasteiger charge is -2.14. The zero-order valence-corrected chi connectivity index (χ0v) is 40.6. The van der Waals surface area contributed by atoms with Gasteiger partial charge in [0.15, 0.2) is 22.9 Å². The van der Waals surface area contributed by atoms with E-state index >= 15 is 0 Å². The molecule has 358 valence electrons. The van der Waals surface area contributed by atoms with Crippen LogP contribution in [-0.4, -0.2) is 82.4 Å². The summed E-state index contributed by atoms with van der Waals surface area (Å²) in [7, 11) is 11.9. The van der Waals surface area contributed by atoms with Crippen molar-refractivity contribution in [2.24, 2.45) is 14.1 Å². The van der Waals surface area contributed by atoms with Crippen molar-refractivity contribution in [3.63, 3.8) is 0 Å². The number of nitrogens with zero attached hydrogens (tertiary/aromatic N) is 12. The fourth-order valence-electron chi connectivity index (χ4n) is 8.41. The van der Waals surface area contributed by atoms with Crippen molar-refractivity contribution in [3.8, 4) is 45.0 Å². The number of imidazole rings is 2. The van der Waals surface area contributed by atoms with Crippen molar-refractivity contribution in [1.82, 2.24) is 48.3 Å². The summed E-state index contributed by atoms with van der Waals surface area (Å²) in [5, 5.41) is 19.3. The minimum Gasteiger partial charge on any atom is -0.399 e. The number of aromatic nitrogens is 10. The molecular formula is C55H52N16O. The fourth-order valence-corrected chi connectivity index (χ4v) is 8.41. The number of rotatable bonds is 12. The van der Waals surface area contributed by atoms with Gasteiger partial charge >= 0.3 is 0 Å². The van der Waals surface area contributed by atoms with Gasteiger partial charge in [-0.1, -0.05) is 54.6 Å². The highest BCUT2D eigenvalue weighted by molar-refractivity contribution is 6.04. The highest BCUT2D eigenvalue weighted by atomic mass is 16.1. The maximum absolute atomic E-state index is 12.7. The first-order valence-electron chi connectivity index (χ1n) is 23.1. The summed E-state index contributed by atoms with van der Waals surface area (Å²) >= 11 is 0. The molecule has 6 aromatic heterocycles. The first-order chi connectivity index (χ1) is 34.9. The lowest BCUT2D eigenvalue weighted by molar-refractivity contribution is 0.102. The molecular weight excluding hydrogens is 901 g/mol. The number of hydrogen-bond donors (Lipinski definition) is 4. The van der Waals surface area contributed by atoms with Crippen LogP contribution >= 0.6 is 0 Å². The summed E-state index contributed by atoms with van der Waals surface area (Å²) in [5.41, 5.74) is 20.7. The Kier molecular flexibility index (Phi) is 12.6. The number of amides is 1. The van der Waals surface area contributed by atoms with Crippen LogP contribution in [0.1, 0.15) is 10.4 Å². The zero-order valence-electron chi connectivity index (χ0n) is 40.6. The van der Waals surface area contributed by atoms with Crippen LogP contribution in [0.4, 0.5) is 45.8 Å². The van der Waals surface area contributed by atoms with Gasteiger partial charge in [0.05, 0.1) is 23.8 Å². The number of benzene rings is 5. The molecule has 17 heteroatoms. The maximum Gasteiger partial charge on any atom is 0.255 e. The minimum absolute atomic E-state index is 0.163. The molecule has 1 amide bonds. The van der Waals surface area contributed by atoms with Crippen LogP contribution in [-0.2, 0) is 14.1 Å². The van der Waals surface area contributed by atoms with Crippen LogP contribution in [0.25, 0.3) is 56.3 Å². The van der Waals surface area contributed by atoms with Crippen LogP contribution in [0.15, 0.2) is 177 Å². The molecule has 72 heavy (non-hydrogen) atoms. The van der Waals surface area contributed by atoms with Gasteiger partial charge in [-0.05, 0) is 72.8 Å². The third kappa shape index (κ3) is 9.62. The van der Waals surface area contributed by atoms with E-state index in [0.717, 1.165) is 73.4 Å². The molecule has 0 radical (unpaired) electrons. The molecule has 0 bridgehead atoms. The van der Waals surface area contributed by atoms with E-state index in [-0.39, 0.29) is 5.91 Å². The van der Waals surface area contributed by atoms with Crippen molar-refractivity contribution in [2.75, 3.05) is 59.7 Å². The fraction of sp³-hybridized carbons (Fsp3) is 0.109. The Morgan fingerprint density at radius 2 is 1.03 bits per heavy atom. The van der Waals surface area contributed by atoms with E-state index in [2.05, 4.69) is 70.1 Å². The standard InChI is InChI=1S/C31H28N8O.C24H24N8/c1-37(2)25-14-8-13-24(18-25)34-29-30-33-19-27(39(30)16-15-32-29)26-20-38(3)36-28(26)22-11-7-12-23(17-22)35-31(40)21-9-5-4-6-10-21;1-30(2)19-9-5-8-18(13-19)28-23-24-27-14-21(32(24)11-10-26-23)20-15-31(3)29-22(20)16-6-4-7-17(25)12-16/h4-20H,1-3H3,(H,32,34)(H,35,40);4-15H,25H2,1-3H3,(H,26,28). The highest BCUT2D eigenvalue weighted by Gasteiger charge is 2.20. The zero-order chi connectivity index (χ0) is 49.9. The van der Waals surface area contributed by atoms with Crippen LogP contribution in [0, 0.1) is 0 Å². The average molecular weight is 953 g/mol. The van der Waals surface area contributed by atoms with E-state index in [0.29, 0.717) is 34.2 Å². The van der Waals surface area contributed by atoms with E-state index < -0.39 is 0 Å². The third-order valence-corrected chi connectivity index (χ3v) is 11.9. The molecule has 11 rings (SSSR count). The number of hydrogen-bond acceptors (Lipinski definition) is 12. The number of carbonyl (C=O) groups is 1. The number of fused-ring (bicyclic) bond motifs is 2. The van der Waals surface area contributed by atoms with Crippen molar-refractivity contribution < 1.29 is 4.79 Å². The van der Waals surface area contributed by atoms with Gasteiger partial charge in [0.25, 0.3) is 5.91 Å². The second-order valence-electron chi connectivity index (χ2n) is 17.5. The average Bonchev–Trinajstić information content (AvgIpc) is 4.20. The molecule has 0 saturated heterocycles. The first-order valence-corrected chi connectivity index (χ1v) is 23.1. The number of nitrogens with one attached hydrogen (secondary N) is 3. The smallest absolute Gasteiger partial charge is 0.255 e. The second kappa shape index (κ2) is 19.7. The van der Waals surface area contributed by atoms with Gasteiger partial charge in [-0.2, -0.15) is 10.2 Å². The predicted octanol–water partition coefficient (Wildman–Crippen LogP) is 10.0. The molecule has 0 unspecified atom stereocenters. The summed E-state index contributed by atoms with van der Waals surface area (Å²) in [6.07, 6.45) is 15.0. The molecule has 0 fully saturated rings. The first kappa shape index (κ1) is 46.0. The highest BCUT2D eigenvalue weighted by Crippen LogP contribution is 2.36. The molecule has 0 saturated carbocycles. The number of nitrogen functional groups attached to an aromatic ring is 1. The van der Waals surface area contributed by atoms with Crippen LogP contribution in [0.5, 0.6) is 0 Å². The van der Waals surface area contributed by atoms with Gasteiger partial charge in [0.2, 0.25) is 0 Å². The van der Waals surface area contributed by atoms with E-state index in [9.17, 15) is 4.79 Å². The number of nitrogens with two attached hydrogens (primary N) is 1. The van der Waals surface area contributed by atoms with Crippen molar-refractivity contribution in [2.45, 2.75) is 0 Å². The summed E-state index contributed by atoms with van der Waals surface area (Å²) in [6, 6.07) is 40.9. The molecule has 11 aromatic rings. The quantitative estimate of drug-likeness (QED) is 0.0853. The molecule has 6 heterocycles. The number of carbonyl (C=O) groups excluding carboxylic acids is 1. The van der Waals surface area contributed by atoms with E-state index in [1.165, 1.54) is 0 Å². The largest absolute Gasteiger partial charge is 0.399 e. The summed E-state index contributed by atoms with van der Waals surface area (Å²) in [5.74, 6) is 1.18. The molecule has 0 aliphatic carbocycles. The van der Waals surface area contributed by atoms with Crippen molar-refractivity contribution >= 4 is 63.0 Å². The van der Waals surface area contributed by atoms with Crippen LogP contribution < -0.4 is 31.5 Å². The molecule has 0 atom stereocenters. The van der Waals surface area contributed by atoms with Gasteiger partial charge in [-0.25, -0.2) is 19.9 Å². The van der Waals surface area contributed by atoms with Crippen LogP contribution in [0.2, 0.25) is 0 Å². The van der Waals surface area contributed by atoms with E-state index in [4.69, 9.17) is 15.8 Å². The molecule has 17 nitrogen and oxygen atoms in total. The van der Waals surface area contributed by atoms with Gasteiger partial charge < -0.3 is 31.5 Å². The second-order valence-corrected chi connectivity index (χ2v) is 17.5.